The topological polar surface area (TPSA) is 65.4 Å². The van der Waals surface area contributed by atoms with Gasteiger partial charge in [-0.2, -0.15) is 9.61 Å². The lowest BCUT2D eigenvalue weighted by Gasteiger charge is -2.08. The van der Waals surface area contributed by atoms with E-state index in [4.69, 9.17) is 10.5 Å². The molecule has 0 atom stereocenters. The lowest BCUT2D eigenvalue weighted by atomic mass is 10.2. The smallest absolute Gasteiger partial charge is 0.222 e. The molecule has 19 heavy (non-hydrogen) atoms. The normalized spacial score (nSPS) is 10.8. The van der Waals surface area contributed by atoms with Crippen LogP contribution in [0.3, 0.4) is 0 Å². The van der Waals surface area contributed by atoms with Crippen LogP contribution < -0.4 is 10.5 Å². The summed E-state index contributed by atoms with van der Waals surface area (Å²) in [4.78, 5) is 4.16. The molecular weight excluding hydrogens is 240 g/mol. The maximum Gasteiger partial charge on any atom is 0.222 e. The minimum Gasteiger partial charge on any atom is -0.439 e. The predicted octanol–water partition coefficient (Wildman–Crippen LogP) is 2.29. The van der Waals surface area contributed by atoms with Crippen LogP contribution in [0.4, 0.5) is 0 Å². The summed E-state index contributed by atoms with van der Waals surface area (Å²) in [5.41, 5.74) is 8.49. The molecule has 2 heterocycles. The summed E-state index contributed by atoms with van der Waals surface area (Å²) in [5.74, 6) is 1.40. The Morgan fingerprint density at radius 1 is 1.21 bits per heavy atom. The van der Waals surface area contributed by atoms with Crippen LogP contribution in [-0.2, 0) is 6.54 Å². The number of pyridine rings is 1. The maximum atomic E-state index is 5.85. The second kappa shape index (κ2) is 4.70. The van der Waals surface area contributed by atoms with Crippen molar-refractivity contribution in [2.45, 2.75) is 13.5 Å². The summed E-state index contributed by atoms with van der Waals surface area (Å²) in [7, 11) is 0. The van der Waals surface area contributed by atoms with E-state index in [1.165, 1.54) is 6.33 Å². The van der Waals surface area contributed by atoms with Gasteiger partial charge in [0.2, 0.25) is 5.88 Å². The molecular formula is C14H14N4O. The van der Waals surface area contributed by atoms with Crippen molar-refractivity contribution < 1.29 is 4.74 Å². The van der Waals surface area contributed by atoms with Crippen molar-refractivity contribution in [3.8, 4) is 11.6 Å². The third kappa shape index (κ3) is 2.28. The van der Waals surface area contributed by atoms with Gasteiger partial charge in [-0.3, -0.25) is 0 Å². The highest BCUT2D eigenvalue weighted by atomic mass is 16.5. The van der Waals surface area contributed by atoms with Gasteiger partial charge in [0.1, 0.15) is 12.1 Å². The van der Waals surface area contributed by atoms with E-state index in [0.29, 0.717) is 12.4 Å². The molecule has 0 radical (unpaired) electrons. The number of benzene rings is 1. The molecule has 3 rings (SSSR count). The molecule has 0 amide bonds. The second-order valence-corrected chi connectivity index (χ2v) is 4.35. The fourth-order valence-corrected chi connectivity index (χ4v) is 1.91. The third-order valence-electron chi connectivity index (χ3n) is 2.87. The first-order valence-electron chi connectivity index (χ1n) is 6.03. The van der Waals surface area contributed by atoms with E-state index in [2.05, 4.69) is 10.1 Å². The van der Waals surface area contributed by atoms with Gasteiger partial charge in [-0.1, -0.05) is 12.1 Å². The number of nitrogens with zero attached hydrogens (tertiary/aromatic N) is 3. The number of ether oxygens (including phenoxy) is 1. The molecule has 0 aliphatic heterocycles. The fourth-order valence-electron chi connectivity index (χ4n) is 1.91. The number of hydrogen-bond acceptors (Lipinski definition) is 4. The van der Waals surface area contributed by atoms with Crippen LogP contribution in [0.2, 0.25) is 0 Å². The Hall–Kier alpha value is -2.40. The van der Waals surface area contributed by atoms with Gasteiger partial charge < -0.3 is 10.5 Å². The molecule has 0 aliphatic carbocycles. The lowest BCUT2D eigenvalue weighted by molar-refractivity contribution is 0.447. The number of aryl methyl sites for hydroxylation is 1. The van der Waals surface area contributed by atoms with Gasteiger partial charge >= 0.3 is 0 Å². The highest BCUT2D eigenvalue weighted by Crippen LogP contribution is 2.23. The summed E-state index contributed by atoms with van der Waals surface area (Å²) in [6.07, 6.45) is 1.51. The van der Waals surface area contributed by atoms with Gasteiger partial charge in [-0.05, 0) is 36.2 Å². The molecule has 0 aliphatic rings. The van der Waals surface area contributed by atoms with Crippen molar-refractivity contribution in [2.75, 3.05) is 0 Å². The van der Waals surface area contributed by atoms with Crippen molar-refractivity contribution in [3.05, 3.63) is 53.9 Å². The Morgan fingerprint density at radius 3 is 2.74 bits per heavy atom. The molecule has 1 aromatic carbocycles. The zero-order valence-corrected chi connectivity index (χ0v) is 10.6. The molecule has 5 heteroatoms. The highest BCUT2D eigenvalue weighted by molar-refractivity contribution is 5.44. The molecule has 0 spiro atoms. The summed E-state index contributed by atoms with van der Waals surface area (Å²) in [5, 5.41) is 4.15. The van der Waals surface area contributed by atoms with E-state index < -0.39 is 0 Å². The van der Waals surface area contributed by atoms with Gasteiger partial charge in [0.05, 0.1) is 0 Å². The Bertz CT molecular complexity index is 703. The van der Waals surface area contributed by atoms with Gasteiger partial charge in [0.15, 0.2) is 5.65 Å². The van der Waals surface area contributed by atoms with E-state index in [0.717, 1.165) is 22.5 Å². The van der Waals surface area contributed by atoms with Crippen LogP contribution in [0.25, 0.3) is 5.65 Å². The van der Waals surface area contributed by atoms with Crippen LogP contribution in [0, 0.1) is 6.92 Å². The molecule has 0 unspecified atom stereocenters. The van der Waals surface area contributed by atoms with Crippen LogP contribution in [0.5, 0.6) is 11.6 Å². The second-order valence-electron chi connectivity index (χ2n) is 4.35. The number of rotatable bonds is 3. The van der Waals surface area contributed by atoms with E-state index >= 15 is 0 Å². The van der Waals surface area contributed by atoms with E-state index in [1.54, 1.807) is 4.52 Å². The predicted molar refractivity (Wildman–Crippen MR) is 72.1 cm³/mol. The molecule has 5 nitrogen and oxygen atoms in total. The number of nitrogens with two attached hydrogens (primary N) is 1. The molecule has 96 valence electrons. The monoisotopic (exact) mass is 254 g/mol. The molecule has 0 saturated heterocycles. The summed E-state index contributed by atoms with van der Waals surface area (Å²) < 4.78 is 7.52. The third-order valence-corrected chi connectivity index (χ3v) is 2.87. The molecule has 0 saturated carbocycles. The number of aromatic nitrogens is 3. The Labute approximate surface area is 110 Å². The highest BCUT2D eigenvalue weighted by Gasteiger charge is 2.06. The van der Waals surface area contributed by atoms with Gasteiger partial charge in [0.25, 0.3) is 0 Å². The summed E-state index contributed by atoms with van der Waals surface area (Å²) >= 11 is 0. The zero-order valence-electron chi connectivity index (χ0n) is 10.6. The first kappa shape index (κ1) is 11.7. The average molecular weight is 254 g/mol. The van der Waals surface area contributed by atoms with E-state index in [-0.39, 0.29) is 0 Å². The Morgan fingerprint density at radius 2 is 2.00 bits per heavy atom. The summed E-state index contributed by atoms with van der Waals surface area (Å²) in [6, 6.07) is 11.6. The van der Waals surface area contributed by atoms with Crippen molar-refractivity contribution >= 4 is 5.65 Å². The summed E-state index contributed by atoms with van der Waals surface area (Å²) in [6.45, 7) is 2.52. The van der Waals surface area contributed by atoms with Crippen LogP contribution in [0.15, 0.2) is 42.7 Å². The maximum absolute atomic E-state index is 5.85. The molecule has 0 bridgehead atoms. The molecule has 0 fully saturated rings. The standard InChI is InChI=1S/C14H14N4O/c1-10-6-13-16-9-17-18(13)14(7-10)19-12-4-2-11(8-15)3-5-12/h2-7,9H,8,15H2,1H3. The zero-order chi connectivity index (χ0) is 13.2. The van der Waals surface area contributed by atoms with Crippen molar-refractivity contribution in [2.24, 2.45) is 5.73 Å². The van der Waals surface area contributed by atoms with Crippen molar-refractivity contribution in [1.82, 2.24) is 14.6 Å². The quantitative estimate of drug-likeness (QED) is 0.778. The van der Waals surface area contributed by atoms with Gasteiger partial charge in [-0.15, -0.1) is 0 Å². The first-order chi connectivity index (χ1) is 9.26. The van der Waals surface area contributed by atoms with Crippen LogP contribution in [0.1, 0.15) is 11.1 Å². The lowest BCUT2D eigenvalue weighted by Crippen LogP contribution is -1.98. The minimum absolute atomic E-state index is 0.526. The largest absolute Gasteiger partial charge is 0.439 e. The number of hydrogen-bond donors (Lipinski definition) is 1. The fraction of sp³-hybridized carbons (Fsp3) is 0.143. The van der Waals surface area contributed by atoms with Crippen LogP contribution in [-0.4, -0.2) is 14.6 Å². The van der Waals surface area contributed by atoms with Crippen LogP contribution >= 0.6 is 0 Å². The molecule has 3 aromatic rings. The molecule has 2 aromatic heterocycles. The first-order valence-corrected chi connectivity index (χ1v) is 6.03. The minimum atomic E-state index is 0.526. The average Bonchev–Trinajstić information content (AvgIpc) is 2.88. The van der Waals surface area contributed by atoms with E-state index in [1.807, 2.05) is 43.3 Å². The number of fused-ring (bicyclic) bond motifs is 1. The Kier molecular flexibility index (Phi) is 2.89. The SMILES string of the molecule is Cc1cc(Oc2ccc(CN)cc2)n2ncnc2c1. The van der Waals surface area contributed by atoms with E-state index in [9.17, 15) is 0 Å². The van der Waals surface area contributed by atoms with Crippen molar-refractivity contribution in [3.63, 3.8) is 0 Å². The molecule has 2 N–H and O–H groups in total. The van der Waals surface area contributed by atoms with Gasteiger partial charge in [0, 0.05) is 12.6 Å². The Balaban J connectivity index is 1.97. The van der Waals surface area contributed by atoms with Crippen molar-refractivity contribution in [1.29, 1.82) is 0 Å². The van der Waals surface area contributed by atoms with Gasteiger partial charge in [-0.25, -0.2) is 4.98 Å².